The summed E-state index contributed by atoms with van der Waals surface area (Å²) in [6.07, 6.45) is 1.49. The van der Waals surface area contributed by atoms with Gasteiger partial charge in [0.1, 0.15) is 0 Å². The number of aryl methyl sites for hydroxylation is 1. The van der Waals surface area contributed by atoms with Gasteiger partial charge in [-0.3, -0.25) is 9.48 Å². The Morgan fingerprint density at radius 3 is 2.84 bits per heavy atom. The van der Waals surface area contributed by atoms with Crippen LogP contribution in [0, 0.1) is 12.7 Å². The quantitative estimate of drug-likeness (QED) is 0.664. The maximum absolute atomic E-state index is 13.5. The number of nitrogens with zero attached hydrogens (tertiary/aromatic N) is 2. The highest BCUT2D eigenvalue weighted by Crippen LogP contribution is 2.24. The van der Waals surface area contributed by atoms with Crippen molar-refractivity contribution in [3.8, 4) is 0 Å². The molecular weight excluding hydrogens is 247 g/mol. The molecule has 0 fully saturated rings. The number of rotatable bonds is 2. The van der Waals surface area contributed by atoms with Gasteiger partial charge in [0, 0.05) is 18.1 Å². The van der Waals surface area contributed by atoms with Crippen molar-refractivity contribution in [3.63, 3.8) is 0 Å². The predicted octanol–water partition coefficient (Wildman–Crippen LogP) is 2.84. The van der Waals surface area contributed by atoms with Crippen molar-refractivity contribution < 1.29 is 13.6 Å². The Bertz CT molecular complexity index is 786. The topological polar surface area (TPSA) is 48.0 Å². The van der Waals surface area contributed by atoms with E-state index in [0.29, 0.717) is 10.9 Å². The number of para-hydroxylation sites is 1. The minimum atomic E-state index is -0.473. The molecular formula is C14H11FN2O2. The normalized spacial score (nSPS) is 11.1. The summed E-state index contributed by atoms with van der Waals surface area (Å²) in [6, 6.07) is 6.13. The van der Waals surface area contributed by atoms with E-state index < -0.39 is 5.82 Å². The Balaban J connectivity index is 2.12. The molecule has 2 heterocycles. The molecule has 0 aliphatic carbocycles. The van der Waals surface area contributed by atoms with Crippen LogP contribution in [0.4, 0.5) is 4.39 Å². The van der Waals surface area contributed by atoms with E-state index >= 15 is 0 Å². The predicted molar refractivity (Wildman–Crippen MR) is 67.5 cm³/mol. The number of benzene rings is 1. The maximum atomic E-state index is 13.5. The lowest BCUT2D eigenvalue weighted by molar-refractivity contribution is 0.101. The number of carbonyl (C=O) groups excluding carboxylic acids is 1. The molecule has 0 bridgehead atoms. The van der Waals surface area contributed by atoms with Gasteiger partial charge in [-0.1, -0.05) is 12.1 Å². The molecule has 0 aliphatic rings. The van der Waals surface area contributed by atoms with Crippen LogP contribution < -0.4 is 0 Å². The highest BCUT2D eigenvalue weighted by molar-refractivity contribution is 6.09. The van der Waals surface area contributed by atoms with E-state index in [1.165, 1.54) is 12.3 Å². The number of fused-ring (bicyclic) bond motifs is 1. The van der Waals surface area contributed by atoms with Gasteiger partial charge >= 0.3 is 0 Å². The van der Waals surface area contributed by atoms with Crippen molar-refractivity contribution in [3.05, 3.63) is 53.3 Å². The van der Waals surface area contributed by atoms with E-state index in [-0.39, 0.29) is 17.1 Å². The van der Waals surface area contributed by atoms with E-state index in [4.69, 9.17) is 4.42 Å². The molecule has 0 N–H and O–H groups in total. The van der Waals surface area contributed by atoms with E-state index in [0.717, 1.165) is 5.69 Å². The van der Waals surface area contributed by atoms with Crippen LogP contribution in [-0.2, 0) is 7.05 Å². The molecule has 3 aromatic rings. The van der Waals surface area contributed by atoms with Gasteiger partial charge in [-0.15, -0.1) is 0 Å². The van der Waals surface area contributed by atoms with E-state index in [2.05, 4.69) is 5.10 Å². The summed E-state index contributed by atoms with van der Waals surface area (Å²) in [6.45, 7) is 1.80. The smallest absolute Gasteiger partial charge is 0.231 e. The van der Waals surface area contributed by atoms with Crippen LogP contribution in [-0.4, -0.2) is 15.6 Å². The van der Waals surface area contributed by atoms with Gasteiger partial charge in [0.05, 0.1) is 11.8 Å². The lowest BCUT2D eigenvalue weighted by Crippen LogP contribution is -2.02. The first-order valence-electron chi connectivity index (χ1n) is 5.79. The second-order valence-electron chi connectivity index (χ2n) is 4.37. The van der Waals surface area contributed by atoms with Crippen LogP contribution in [0.3, 0.4) is 0 Å². The monoisotopic (exact) mass is 258 g/mol. The zero-order chi connectivity index (χ0) is 13.6. The van der Waals surface area contributed by atoms with Gasteiger partial charge in [-0.05, 0) is 19.1 Å². The van der Waals surface area contributed by atoms with Gasteiger partial charge in [0.15, 0.2) is 17.2 Å². The lowest BCUT2D eigenvalue weighted by Gasteiger charge is -1.96. The number of hydrogen-bond donors (Lipinski definition) is 0. The molecule has 0 unspecified atom stereocenters. The molecule has 4 nitrogen and oxygen atoms in total. The molecule has 0 saturated heterocycles. The van der Waals surface area contributed by atoms with Crippen LogP contribution in [0.1, 0.15) is 21.8 Å². The number of ketones is 1. The molecule has 5 heteroatoms. The third-order valence-corrected chi connectivity index (χ3v) is 3.20. The van der Waals surface area contributed by atoms with E-state index in [9.17, 15) is 9.18 Å². The summed E-state index contributed by atoms with van der Waals surface area (Å²) < 4.78 is 20.5. The Morgan fingerprint density at radius 1 is 1.42 bits per heavy atom. The average molecular weight is 258 g/mol. The summed E-state index contributed by atoms with van der Waals surface area (Å²) in [5.74, 6) is -0.642. The van der Waals surface area contributed by atoms with Gasteiger partial charge in [0.25, 0.3) is 0 Å². The molecule has 0 amide bonds. The molecule has 2 aromatic heterocycles. The minimum absolute atomic E-state index is 0.104. The van der Waals surface area contributed by atoms with Crippen LogP contribution in [0.2, 0.25) is 0 Å². The fourth-order valence-electron chi connectivity index (χ4n) is 1.99. The Hall–Kier alpha value is -2.43. The zero-order valence-electron chi connectivity index (χ0n) is 10.5. The second-order valence-corrected chi connectivity index (χ2v) is 4.37. The Kier molecular flexibility index (Phi) is 2.48. The fourth-order valence-corrected chi connectivity index (χ4v) is 1.99. The molecule has 19 heavy (non-hydrogen) atoms. The summed E-state index contributed by atoms with van der Waals surface area (Å²) in [7, 11) is 1.75. The van der Waals surface area contributed by atoms with Crippen LogP contribution in [0.5, 0.6) is 0 Å². The molecule has 1 aromatic carbocycles. The molecule has 0 radical (unpaired) electrons. The maximum Gasteiger partial charge on any atom is 0.231 e. The summed E-state index contributed by atoms with van der Waals surface area (Å²) >= 11 is 0. The summed E-state index contributed by atoms with van der Waals surface area (Å²) in [5, 5.41) is 4.59. The van der Waals surface area contributed by atoms with Crippen LogP contribution in [0.15, 0.2) is 34.9 Å². The average Bonchev–Trinajstić information content (AvgIpc) is 2.95. The zero-order valence-corrected chi connectivity index (χ0v) is 10.5. The van der Waals surface area contributed by atoms with Crippen LogP contribution in [0.25, 0.3) is 11.0 Å². The van der Waals surface area contributed by atoms with E-state index in [1.807, 2.05) is 0 Å². The highest BCUT2D eigenvalue weighted by Gasteiger charge is 2.19. The third kappa shape index (κ3) is 1.74. The van der Waals surface area contributed by atoms with Crippen molar-refractivity contribution in [2.24, 2.45) is 7.05 Å². The Labute approximate surface area is 108 Å². The summed E-state index contributed by atoms with van der Waals surface area (Å²) in [4.78, 5) is 12.3. The van der Waals surface area contributed by atoms with Gasteiger partial charge < -0.3 is 4.42 Å². The van der Waals surface area contributed by atoms with Gasteiger partial charge in [-0.25, -0.2) is 4.39 Å². The van der Waals surface area contributed by atoms with Gasteiger partial charge in [-0.2, -0.15) is 5.10 Å². The van der Waals surface area contributed by atoms with Crippen molar-refractivity contribution in [2.45, 2.75) is 6.92 Å². The number of carbonyl (C=O) groups is 1. The number of hydrogen-bond acceptors (Lipinski definition) is 3. The van der Waals surface area contributed by atoms with Crippen LogP contribution >= 0.6 is 0 Å². The molecule has 0 saturated carbocycles. The van der Waals surface area contributed by atoms with Crippen molar-refractivity contribution in [1.82, 2.24) is 9.78 Å². The number of furan rings is 1. The first-order valence-corrected chi connectivity index (χ1v) is 5.79. The largest absolute Gasteiger partial charge is 0.449 e. The second kappa shape index (κ2) is 4.05. The summed E-state index contributed by atoms with van der Waals surface area (Å²) in [5.41, 5.74) is 1.31. The van der Waals surface area contributed by atoms with E-state index in [1.54, 1.807) is 36.9 Å². The lowest BCUT2D eigenvalue weighted by atomic mass is 10.1. The number of aromatic nitrogens is 2. The third-order valence-electron chi connectivity index (χ3n) is 3.20. The number of halogens is 1. The minimum Gasteiger partial charge on any atom is -0.449 e. The molecule has 96 valence electrons. The molecule has 3 rings (SSSR count). The van der Waals surface area contributed by atoms with Crippen molar-refractivity contribution >= 4 is 16.8 Å². The molecule has 0 atom stereocenters. The van der Waals surface area contributed by atoms with Crippen molar-refractivity contribution in [2.75, 3.05) is 0 Å². The highest BCUT2D eigenvalue weighted by atomic mass is 19.1. The first-order chi connectivity index (χ1) is 9.08. The first kappa shape index (κ1) is 11.6. The van der Waals surface area contributed by atoms with Gasteiger partial charge in [0.2, 0.25) is 5.78 Å². The fraction of sp³-hybridized carbons (Fsp3) is 0.143. The Morgan fingerprint density at radius 2 is 2.21 bits per heavy atom. The van der Waals surface area contributed by atoms with Crippen molar-refractivity contribution in [1.29, 1.82) is 0 Å². The standard InChI is InChI=1S/C14H11FN2O2/c1-8-10(7-16-17(8)2)13(18)12-6-9-4-3-5-11(15)14(9)19-12/h3-7H,1-2H3. The molecule has 0 spiro atoms. The SMILES string of the molecule is Cc1c(C(=O)c2cc3cccc(F)c3o2)cnn1C. The molecule has 0 aliphatic heterocycles.